The topological polar surface area (TPSA) is 130 Å². The Morgan fingerprint density at radius 1 is 0.970 bits per heavy atom. The predicted octanol–water partition coefficient (Wildman–Crippen LogP) is 1.43. The van der Waals surface area contributed by atoms with E-state index >= 15 is 0 Å². The van der Waals surface area contributed by atoms with Gasteiger partial charge in [0.15, 0.2) is 0 Å². The predicted molar refractivity (Wildman–Crippen MR) is 115 cm³/mol. The van der Waals surface area contributed by atoms with Gasteiger partial charge in [0.25, 0.3) is 25.8 Å². The number of nitrogens with two attached hydrogens (primary N) is 1. The highest BCUT2D eigenvalue weighted by molar-refractivity contribution is 7.92. The van der Waals surface area contributed by atoms with Crippen LogP contribution in [0.25, 0.3) is 0 Å². The highest BCUT2D eigenvalue weighted by Crippen LogP contribution is 2.34. The summed E-state index contributed by atoms with van der Waals surface area (Å²) < 4.78 is 88.8. The van der Waals surface area contributed by atoms with Gasteiger partial charge < -0.3 is 15.5 Å². The quantitative estimate of drug-likeness (QED) is 0.583. The molecule has 0 aromatic heterocycles. The van der Waals surface area contributed by atoms with Crippen LogP contribution in [-0.4, -0.2) is 66.4 Å². The molecule has 1 aliphatic heterocycles. The number of rotatable bonds is 5. The van der Waals surface area contributed by atoms with Crippen LogP contribution in [0, 0.1) is 0 Å². The number of piperazine rings is 1. The van der Waals surface area contributed by atoms with Crippen molar-refractivity contribution in [2.45, 2.75) is 15.3 Å². The number of anilines is 2. The molecule has 0 unspecified atom stereocenters. The van der Waals surface area contributed by atoms with Gasteiger partial charge in [-0.3, -0.25) is 4.79 Å². The van der Waals surface area contributed by atoms with Crippen molar-refractivity contribution < 1.29 is 34.8 Å². The molecule has 1 aliphatic rings. The van der Waals surface area contributed by atoms with E-state index in [1.807, 2.05) is 7.05 Å². The van der Waals surface area contributed by atoms with Crippen LogP contribution in [0.5, 0.6) is 0 Å². The lowest BCUT2D eigenvalue weighted by Crippen LogP contribution is -2.44. The first-order valence-electron chi connectivity index (χ1n) is 9.54. The zero-order chi connectivity index (χ0) is 24.6. The summed E-state index contributed by atoms with van der Waals surface area (Å²) in [6.45, 7) is 3.32. The third-order valence-electron chi connectivity index (χ3n) is 5.11. The van der Waals surface area contributed by atoms with E-state index in [-0.39, 0.29) is 11.6 Å². The van der Waals surface area contributed by atoms with Crippen LogP contribution < -0.4 is 15.4 Å². The number of carbonyl (C=O) groups excluding carboxylic acids is 1. The summed E-state index contributed by atoms with van der Waals surface area (Å²) in [5.41, 5.74) is -0.294. The number of hydrogen-bond acceptors (Lipinski definition) is 8. The molecule has 1 saturated heterocycles. The fourth-order valence-electron chi connectivity index (χ4n) is 3.17. The molecule has 0 aliphatic carbocycles. The van der Waals surface area contributed by atoms with Crippen molar-refractivity contribution >= 4 is 37.1 Å². The zero-order valence-corrected chi connectivity index (χ0v) is 19.0. The van der Waals surface area contributed by atoms with Crippen molar-refractivity contribution in [3.8, 4) is 0 Å². The zero-order valence-electron chi connectivity index (χ0n) is 17.3. The Kier molecular flexibility index (Phi) is 6.64. The Bertz CT molecular complexity index is 1260. The van der Waals surface area contributed by atoms with E-state index in [1.165, 1.54) is 12.1 Å². The van der Waals surface area contributed by atoms with Crippen molar-refractivity contribution in [1.82, 2.24) is 9.62 Å². The van der Waals surface area contributed by atoms with Crippen LogP contribution in [0.15, 0.2) is 52.3 Å². The normalized spacial score (nSPS) is 15.9. The van der Waals surface area contributed by atoms with Gasteiger partial charge in [0.2, 0.25) is 0 Å². The molecule has 2 aromatic rings. The maximum absolute atomic E-state index is 12.9. The summed E-state index contributed by atoms with van der Waals surface area (Å²) in [4.78, 5) is 14.4. The number of carbonyl (C=O) groups is 1. The first-order valence-corrected chi connectivity index (χ1v) is 12.5. The number of sulfone groups is 1. The Labute approximate surface area is 188 Å². The summed E-state index contributed by atoms with van der Waals surface area (Å²) >= 11 is 0. The first-order chi connectivity index (χ1) is 15.2. The Morgan fingerprint density at radius 2 is 1.55 bits per heavy atom. The van der Waals surface area contributed by atoms with Crippen molar-refractivity contribution in [2.75, 3.05) is 43.9 Å². The molecule has 180 valence electrons. The van der Waals surface area contributed by atoms with Gasteiger partial charge in [-0.1, -0.05) is 0 Å². The van der Waals surface area contributed by atoms with Gasteiger partial charge in [-0.25, -0.2) is 21.6 Å². The maximum Gasteiger partial charge on any atom is 0.501 e. The molecule has 14 heteroatoms. The van der Waals surface area contributed by atoms with Gasteiger partial charge in [0.05, 0.1) is 10.6 Å². The molecule has 1 fully saturated rings. The summed E-state index contributed by atoms with van der Waals surface area (Å²) in [6.07, 6.45) is 0. The van der Waals surface area contributed by atoms with E-state index in [2.05, 4.69) is 9.80 Å². The molecular weight excluding hydrogens is 485 g/mol. The van der Waals surface area contributed by atoms with Crippen LogP contribution >= 0.6 is 0 Å². The van der Waals surface area contributed by atoms with Gasteiger partial charge in [-0.2, -0.15) is 13.2 Å². The van der Waals surface area contributed by atoms with E-state index in [0.717, 1.165) is 37.9 Å². The lowest BCUT2D eigenvalue weighted by Gasteiger charge is -2.34. The summed E-state index contributed by atoms with van der Waals surface area (Å²) in [6, 6.07) is 7.93. The number of nitrogens with one attached hydrogen (secondary N) is 1. The number of nitrogens with zero attached hydrogens (tertiary/aromatic N) is 2. The molecule has 0 bridgehead atoms. The average Bonchev–Trinajstić information content (AvgIpc) is 2.73. The number of likely N-dealkylation sites (N-methyl/N-ethyl adjacent to an activating group) is 1. The van der Waals surface area contributed by atoms with Gasteiger partial charge in [0.1, 0.15) is 4.90 Å². The van der Waals surface area contributed by atoms with E-state index < -0.39 is 46.8 Å². The highest BCUT2D eigenvalue weighted by Gasteiger charge is 2.48. The summed E-state index contributed by atoms with van der Waals surface area (Å²) in [7, 11) is -8.58. The molecule has 3 rings (SSSR count). The number of hydrogen-bond donors (Lipinski definition) is 2. The largest absolute Gasteiger partial charge is 0.501 e. The number of amides is 1. The molecule has 0 radical (unpaired) electrons. The molecule has 3 N–H and O–H groups in total. The van der Waals surface area contributed by atoms with Gasteiger partial charge in [-0.15, -0.1) is 0 Å². The Morgan fingerprint density at radius 3 is 2.09 bits per heavy atom. The molecular formula is C19H21F3N4O5S2. The molecule has 9 nitrogen and oxygen atoms in total. The standard InChI is InChI=1S/C19H21F3N4O5S2/c1-25-8-10-26(11-9-25)14-4-2-13(3-5-14)18(27)24-33(30,31)15-6-7-16(23)17(12-15)32(28,29)19(20,21)22/h2-7,12H,8-11,23H2,1H3,(H,24,27). The Balaban J connectivity index is 1.81. The van der Waals surface area contributed by atoms with Crippen molar-refractivity contribution in [3.63, 3.8) is 0 Å². The van der Waals surface area contributed by atoms with E-state index in [1.54, 1.807) is 16.9 Å². The molecule has 1 heterocycles. The fourth-order valence-corrected chi connectivity index (χ4v) is 5.15. The number of benzene rings is 2. The lowest BCUT2D eigenvalue weighted by atomic mass is 10.1. The van der Waals surface area contributed by atoms with Gasteiger partial charge in [0, 0.05) is 37.4 Å². The van der Waals surface area contributed by atoms with Crippen LogP contribution in [0.4, 0.5) is 24.5 Å². The van der Waals surface area contributed by atoms with Crippen LogP contribution in [0.1, 0.15) is 10.4 Å². The van der Waals surface area contributed by atoms with Gasteiger partial charge in [-0.05, 0) is 49.5 Å². The van der Waals surface area contributed by atoms with Crippen molar-refractivity contribution in [3.05, 3.63) is 48.0 Å². The SMILES string of the molecule is CN1CCN(c2ccc(C(=O)NS(=O)(=O)c3ccc(N)c(S(=O)(=O)C(F)(F)F)c3)cc2)CC1. The third kappa shape index (κ3) is 5.23. The lowest BCUT2D eigenvalue weighted by molar-refractivity contribution is -0.0435. The second-order valence-corrected chi connectivity index (χ2v) is 11.0. The van der Waals surface area contributed by atoms with E-state index in [9.17, 15) is 34.8 Å². The van der Waals surface area contributed by atoms with E-state index in [0.29, 0.717) is 6.07 Å². The highest BCUT2D eigenvalue weighted by atomic mass is 32.2. The maximum atomic E-state index is 12.9. The second-order valence-electron chi connectivity index (χ2n) is 7.42. The molecule has 1 amide bonds. The number of alkyl halides is 3. The second kappa shape index (κ2) is 8.83. The third-order valence-corrected chi connectivity index (χ3v) is 7.99. The monoisotopic (exact) mass is 506 g/mol. The van der Waals surface area contributed by atoms with Crippen LogP contribution in [-0.2, 0) is 19.9 Å². The fraction of sp³-hybridized carbons (Fsp3) is 0.316. The minimum Gasteiger partial charge on any atom is -0.398 e. The molecule has 0 saturated carbocycles. The minimum atomic E-state index is -5.90. The number of sulfonamides is 1. The smallest absolute Gasteiger partial charge is 0.398 e. The molecule has 33 heavy (non-hydrogen) atoms. The summed E-state index contributed by atoms with van der Waals surface area (Å²) in [5.74, 6) is -1.03. The average molecular weight is 507 g/mol. The Hall–Kier alpha value is -2.84. The van der Waals surface area contributed by atoms with Crippen LogP contribution in [0.2, 0.25) is 0 Å². The van der Waals surface area contributed by atoms with Crippen molar-refractivity contribution in [2.24, 2.45) is 0 Å². The first kappa shape index (κ1) is 24.8. The molecule has 2 aromatic carbocycles. The molecule has 0 atom stereocenters. The minimum absolute atomic E-state index is 0.00460. The number of halogens is 3. The number of nitrogen functional groups attached to an aromatic ring is 1. The van der Waals surface area contributed by atoms with Crippen molar-refractivity contribution in [1.29, 1.82) is 0 Å². The van der Waals surface area contributed by atoms with E-state index in [4.69, 9.17) is 5.73 Å². The van der Waals surface area contributed by atoms with Crippen LogP contribution in [0.3, 0.4) is 0 Å². The van der Waals surface area contributed by atoms with Gasteiger partial charge >= 0.3 is 5.51 Å². The molecule has 0 spiro atoms. The summed E-state index contributed by atoms with van der Waals surface area (Å²) in [5, 5.41) is 0.